The van der Waals surface area contributed by atoms with Gasteiger partial charge in [0.15, 0.2) is 5.82 Å². The van der Waals surface area contributed by atoms with Crippen LogP contribution in [0.15, 0.2) is 186 Å². The standard InChI is InChI=1S/C48H30N2O/c1-4-12-31(13-5-1)35-20-21-37-29-38(23-22-36(37)28-35)42-30-43(50-48(49-42)34-17-8-3-9-18-34)41-26-25-40(32-14-6-2-7-15-32)47-46(41)45-39-19-11-10-16-33(39)24-27-44(45)51-47/h1-30H. The molecule has 2 aromatic heterocycles. The highest BCUT2D eigenvalue weighted by molar-refractivity contribution is 6.24. The third-order valence-electron chi connectivity index (χ3n) is 9.87. The monoisotopic (exact) mass is 650 g/mol. The van der Waals surface area contributed by atoms with Crippen molar-refractivity contribution in [2.45, 2.75) is 0 Å². The molecule has 238 valence electrons. The molecule has 8 aromatic carbocycles. The summed E-state index contributed by atoms with van der Waals surface area (Å²) in [6.45, 7) is 0. The fourth-order valence-corrected chi connectivity index (χ4v) is 7.36. The summed E-state index contributed by atoms with van der Waals surface area (Å²) in [5.74, 6) is 0.681. The Morgan fingerprint density at radius 3 is 1.71 bits per heavy atom. The zero-order chi connectivity index (χ0) is 33.7. The van der Waals surface area contributed by atoms with Crippen LogP contribution in [0.3, 0.4) is 0 Å². The van der Waals surface area contributed by atoms with Gasteiger partial charge in [-0.3, -0.25) is 0 Å². The van der Waals surface area contributed by atoms with Crippen LogP contribution < -0.4 is 0 Å². The molecule has 0 aliphatic rings. The van der Waals surface area contributed by atoms with E-state index in [1.165, 1.54) is 21.9 Å². The number of nitrogens with zero attached hydrogens (tertiary/aromatic N) is 2. The van der Waals surface area contributed by atoms with Gasteiger partial charge in [0, 0.05) is 33.0 Å². The summed E-state index contributed by atoms with van der Waals surface area (Å²) >= 11 is 0. The first-order valence-electron chi connectivity index (χ1n) is 17.2. The molecule has 0 amide bonds. The second-order valence-corrected chi connectivity index (χ2v) is 13.0. The SMILES string of the molecule is c1ccc(-c2ccc3cc(-c4cc(-c5ccc(-c6ccccc6)c6oc7ccc8ccccc8c7c56)nc(-c5ccccc5)n4)ccc3c2)cc1. The van der Waals surface area contributed by atoms with Crippen LogP contribution in [0.2, 0.25) is 0 Å². The van der Waals surface area contributed by atoms with Crippen molar-refractivity contribution in [1.82, 2.24) is 9.97 Å². The molecule has 0 saturated heterocycles. The fourth-order valence-electron chi connectivity index (χ4n) is 7.36. The minimum Gasteiger partial charge on any atom is -0.455 e. The average Bonchev–Trinajstić information content (AvgIpc) is 3.61. The second-order valence-electron chi connectivity index (χ2n) is 13.0. The Morgan fingerprint density at radius 1 is 0.353 bits per heavy atom. The topological polar surface area (TPSA) is 38.9 Å². The van der Waals surface area contributed by atoms with Crippen molar-refractivity contribution in [3.63, 3.8) is 0 Å². The third-order valence-corrected chi connectivity index (χ3v) is 9.87. The van der Waals surface area contributed by atoms with Gasteiger partial charge in [-0.1, -0.05) is 152 Å². The molecular formula is C48H30N2O. The van der Waals surface area contributed by atoms with Gasteiger partial charge in [0.1, 0.15) is 11.2 Å². The number of aromatic nitrogens is 2. The van der Waals surface area contributed by atoms with Crippen molar-refractivity contribution in [2.24, 2.45) is 0 Å². The normalized spacial score (nSPS) is 11.5. The summed E-state index contributed by atoms with van der Waals surface area (Å²) < 4.78 is 6.78. The van der Waals surface area contributed by atoms with Gasteiger partial charge in [-0.25, -0.2) is 9.97 Å². The highest BCUT2D eigenvalue weighted by atomic mass is 16.3. The fraction of sp³-hybridized carbons (Fsp3) is 0. The minimum atomic E-state index is 0.681. The molecule has 2 heterocycles. The molecule has 0 atom stereocenters. The summed E-state index contributed by atoms with van der Waals surface area (Å²) in [5, 5.41) is 6.82. The molecule has 0 saturated carbocycles. The van der Waals surface area contributed by atoms with E-state index in [9.17, 15) is 0 Å². The van der Waals surface area contributed by atoms with Gasteiger partial charge in [0.25, 0.3) is 0 Å². The van der Waals surface area contributed by atoms with E-state index in [0.717, 1.165) is 71.9 Å². The Kier molecular flexibility index (Phi) is 6.81. The molecule has 10 rings (SSSR count). The minimum absolute atomic E-state index is 0.681. The quantitative estimate of drug-likeness (QED) is 0.186. The van der Waals surface area contributed by atoms with Crippen LogP contribution in [0.1, 0.15) is 0 Å². The van der Waals surface area contributed by atoms with Gasteiger partial charge in [-0.05, 0) is 68.6 Å². The summed E-state index contributed by atoms with van der Waals surface area (Å²) in [4.78, 5) is 10.5. The first kappa shape index (κ1) is 29.1. The van der Waals surface area contributed by atoms with Crippen molar-refractivity contribution in [2.75, 3.05) is 0 Å². The smallest absolute Gasteiger partial charge is 0.160 e. The van der Waals surface area contributed by atoms with Crippen molar-refractivity contribution in [1.29, 1.82) is 0 Å². The van der Waals surface area contributed by atoms with E-state index in [2.05, 4.69) is 158 Å². The Bertz CT molecular complexity index is 2890. The van der Waals surface area contributed by atoms with E-state index in [0.29, 0.717) is 5.82 Å². The predicted octanol–water partition coefficient (Wildman–Crippen LogP) is 13.0. The molecule has 0 N–H and O–H groups in total. The molecule has 0 aliphatic heterocycles. The van der Waals surface area contributed by atoms with Crippen LogP contribution in [-0.2, 0) is 0 Å². The molecule has 0 unspecified atom stereocenters. The van der Waals surface area contributed by atoms with E-state index in [-0.39, 0.29) is 0 Å². The number of hydrogen-bond donors (Lipinski definition) is 0. The predicted molar refractivity (Wildman–Crippen MR) is 212 cm³/mol. The maximum Gasteiger partial charge on any atom is 0.160 e. The lowest BCUT2D eigenvalue weighted by molar-refractivity contribution is 0.670. The lowest BCUT2D eigenvalue weighted by Crippen LogP contribution is -1.96. The van der Waals surface area contributed by atoms with Gasteiger partial charge >= 0.3 is 0 Å². The second kappa shape index (κ2) is 11.9. The lowest BCUT2D eigenvalue weighted by Gasteiger charge is -2.12. The van der Waals surface area contributed by atoms with E-state index in [1.807, 2.05) is 24.3 Å². The first-order chi connectivity index (χ1) is 25.3. The Hall–Kier alpha value is -6.84. The average molecular weight is 651 g/mol. The summed E-state index contributed by atoms with van der Waals surface area (Å²) in [6.07, 6.45) is 0. The van der Waals surface area contributed by atoms with Gasteiger partial charge in [0.2, 0.25) is 0 Å². The number of furan rings is 1. The number of rotatable bonds is 5. The largest absolute Gasteiger partial charge is 0.455 e. The first-order valence-corrected chi connectivity index (χ1v) is 17.2. The Balaban J connectivity index is 1.22. The van der Waals surface area contributed by atoms with E-state index in [4.69, 9.17) is 14.4 Å². The van der Waals surface area contributed by atoms with Gasteiger partial charge in [-0.2, -0.15) is 0 Å². The van der Waals surface area contributed by atoms with Crippen LogP contribution in [0.4, 0.5) is 0 Å². The van der Waals surface area contributed by atoms with E-state index < -0.39 is 0 Å². The van der Waals surface area contributed by atoms with Crippen LogP contribution >= 0.6 is 0 Å². The zero-order valence-corrected chi connectivity index (χ0v) is 27.6. The van der Waals surface area contributed by atoms with Gasteiger partial charge < -0.3 is 4.42 Å². The zero-order valence-electron chi connectivity index (χ0n) is 27.6. The molecule has 3 nitrogen and oxygen atoms in total. The lowest BCUT2D eigenvalue weighted by atomic mass is 9.94. The molecule has 0 aliphatic carbocycles. The molecule has 3 heteroatoms. The molecular weight excluding hydrogens is 621 g/mol. The Labute approximate surface area is 295 Å². The van der Waals surface area contributed by atoms with E-state index >= 15 is 0 Å². The van der Waals surface area contributed by atoms with Crippen LogP contribution in [0, 0.1) is 0 Å². The molecule has 0 fully saturated rings. The number of hydrogen-bond acceptors (Lipinski definition) is 3. The van der Waals surface area contributed by atoms with Crippen molar-refractivity contribution >= 4 is 43.5 Å². The molecule has 51 heavy (non-hydrogen) atoms. The van der Waals surface area contributed by atoms with Crippen LogP contribution in [-0.4, -0.2) is 9.97 Å². The highest BCUT2D eigenvalue weighted by Gasteiger charge is 2.21. The van der Waals surface area contributed by atoms with Crippen molar-refractivity contribution in [3.05, 3.63) is 182 Å². The summed E-state index contributed by atoms with van der Waals surface area (Å²) in [7, 11) is 0. The number of benzene rings is 8. The van der Waals surface area contributed by atoms with Crippen molar-refractivity contribution < 1.29 is 4.42 Å². The molecule has 0 radical (unpaired) electrons. The van der Waals surface area contributed by atoms with Crippen molar-refractivity contribution in [3.8, 4) is 56.2 Å². The summed E-state index contributed by atoms with van der Waals surface area (Å²) in [6, 6.07) is 63.7. The molecule has 0 spiro atoms. The molecule has 0 bridgehead atoms. The summed E-state index contributed by atoms with van der Waals surface area (Å²) in [5.41, 5.74) is 11.0. The van der Waals surface area contributed by atoms with Crippen LogP contribution in [0.25, 0.3) is 99.6 Å². The highest BCUT2D eigenvalue weighted by Crippen LogP contribution is 2.44. The maximum absolute atomic E-state index is 6.78. The van der Waals surface area contributed by atoms with E-state index in [1.54, 1.807) is 0 Å². The maximum atomic E-state index is 6.78. The van der Waals surface area contributed by atoms with Gasteiger partial charge in [-0.15, -0.1) is 0 Å². The van der Waals surface area contributed by atoms with Gasteiger partial charge in [0.05, 0.1) is 11.4 Å². The Morgan fingerprint density at radius 2 is 0.941 bits per heavy atom. The third kappa shape index (κ3) is 5.06. The number of fused-ring (bicyclic) bond motifs is 6. The molecule has 10 aromatic rings. The van der Waals surface area contributed by atoms with Crippen LogP contribution in [0.5, 0.6) is 0 Å².